The summed E-state index contributed by atoms with van der Waals surface area (Å²) in [6, 6.07) is 13.0. The lowest BCUT2D eigenvalue weighted by atomic mass is 10.1. The van der Waals surface area contributed by atoms with Gasteiger partial charge in [-0.1, -0.05) is 6.07 Å². The van der Waals surface area contributed by atoms with Crippen molar-refractivity contribution in [3.8, 4) is 5.75 Å². The van der Waals surface area contributed by atoms with Crippen LogP contribution in [0.3, 0.4) is 0 Å². The molecular formula is C24H24N2O5. The fourth-order valence-corrected chi connectivity index (χ4v) is 3.57. The van der Waals surface area contributed by atoms with Gasteiger partial charge in [0.15, 0.2) is 6.61 Å². The van der Waals surface area contributed by atoms with Crippen LogP contribution in [-0.2, 0) is 16.1 Å². The van der Waals surface area contributed by atoms with Gasteiger partial charge < -0.3 is 23.8 Å². The zero-order valence-corrected chi connectivity index (χ0v) is 17.7. The van der Waals surface area contributed by atoms with Crippen molar-refractivity contribution < 1.29 is 18.7 Å². The Morgan fingerprint density at radius 2 is 1.94 bits per heavy atom. The largest absolute Gasteiger partial charge is 0.484 e. The third kappa shape index (κ3) is 4.18. The second-order valence-corrected chi connectivity index (χ2v) is 7.37. The number of carbonyl (C=O) groups is 1. The minimum atomic E-state index is -0.370. The highest BCUT2D eigenvalue weighted by molar-refractivity contribution is 6.02. The van der Waals surface area contributed by atoms with Gasteiger partial charge in [0.05, 0.1) is 17.8 Å². The normalized spacial score (nSPS) is 11.2. The summed E-state index contributed by atoms with van der Waals surface area (Å²) in [7, 11) is 1.67. The zero-order chi connectivity index (χ0) is 22.0. The molecule has 31 heavy (non-hydrogen) atoms. The quantitative estimate of drug-likeness (QED) is 0.457. The standard InChI is InChI=1S/C24H24N2O5/c1-15-16(2)24(28)31-22-13-17(7-8-18(15)22)30-14-23(27)25-20-5-4-6-21-19(20)9-10-26(21)11-12-29-3/h4-10,13H,11-12,14H2,1-3H3,(H,25,27). The molecule has 0 aliphatic heterocycles. The number of anilines is 1. The molecular weight excluding hydrogens is 396 g/mol. The summed E-state index contributed by atoms with van der Waals surface area (Å²) in [5, 5.41) is 4.70. The van der Waals surface area contributed by atoms with Crippen molar-refractivity contribution in [1.29, 1.82) is 0 Å². The van der Waals surface area contributed by atoms with E-state index in [2.05, 4.69) is 9.88 Å². The topological polar surface area (TPSA) is 82.7 Å². The molecule has 4 aromatic rings. The maximum Gasteiger partial charge on any atom is 0.339 e. The van der Waals surface area contributed by atoms with Gasteiger partial charge in [-0.05, 0) is 49.7 Å². The summed E-state index contributed by atoms with van der Waals surface area (Å²) < 4.78 is 18.2. The number of benzene rings is 2. The number of amides is 1. The lowest BCUT2D eigenvalue weighted by molar-refractivity contribution is -0.118. The SMILES string of the molecule is COCCn1ccc2c(NC(=O)COc3ccc4c(C)c(C)c(=O)oc4c3)cccc21. The van der Waals surface area contributed by atoms with Crippen LogP contribution in [0.2, 0.25) is 0 Å². The summed E-state index contributed by atoms with van der Waals surface area (Å²) in [6.45, 7) is 4.80. The Morgan fingerprint density at radius 1 is 1.10 bits per heavy atom. The molecule has 0 radical (unpaired) electrons. The first kappa shape index (κ1) is 20.7. The van der Waals surface area contributed by atoms with Crippen LogP contribution in [0.1, 0.15) is 11.1 Å². The highest BCUT2D eigenvalue weighted by atomic mass is 16.5. The molecule has 0 saturated heterocycles. The van der Waals surface area contributed by atoms with E-state index in [1.807, 2.05) is 43.5 Å². The molecule has 160 valence electrons. The van der Waals surface area contributed by atoms with Crippen LogP contribution in [0.4, 0.5) is 5.69 Å². The van der Waals surface area contributed by atoms with E-state index in [9.17, 15) is 9.59 Å². The maximum atomic E-state index is 12.5. The number of nitrogens with zero attached hydrogens (tertiary/aromatic N) is 1. The number of aryl methyl sites for hydroxylation is 1. The first-order valence-corrected chi connectivity index (χ1v) is 10.0. The number of aromatic nitrogens is 1. The van der Waals surface area contributed by atoms with Gasteiger partial charge in [-0.2, -0.15) is 0 Å². The third-order valence-electron chi connectivity index (χ3n) is 5.42. The summed E-state index contributed by atoms with van der Waals surface area (Å²) >= 11 is 0. The second kappa shape index (κ2) is 8.65. The molecule has 0 unspecified atom stereocenters. The first-order valence-electron chi connectivity index (χ1n) is 10.0. The molecule has 2 aromatic carbocycles. The van der Waals surface area contributed by atoms with Gasteiger partial charge in [-0.25, -0.2) is 4.79 Å². The Kier molecular flexibility index (Phi) is 5.77. The van der Waals surface area contributed by atoms with Crippen LogP contribution in [0.15, 0.2) is 57.9 Å². The summed E-state index contributed by atoms with van der Waals surface area (Å²) in [4.78, 5) is 24.4. The third-order valence-corrected chi connectivity index (χ3v) is 5.42. The Balaban J connectivity index is 1.47. The molecule has 0 fully saturated rings. The number of hydrogen-bond acceptors (Lipinski definition) is 5. The van der Waals surface area contributed by atoms with Crippen LogP contribution in [0.25, 0.3) is 21.9 Å². The van der Waals surface area contributed by atoms with Crippen molar-refractivity contribution in [2.24, 2.45) is 0 Å². The molecule has 0 saturated carbocycles. The lowest BCUT2D eigenvalue weighted by Gasteiger charge is -2.10. The van der Waals surface area contributed by atoms with Crippen molar-refractivity contribution in [2.75, 3.05) is 25.6 Å². The number of methoxy groups -OCH3 is 1. The highest BCUT2D eigenvalue weighted by Gasteiger charge is 2.11. The van der Waals surface area contributed by atoms with Crippen LogP contribution in [0, 0.1) is 13.8 Å². The van der Waals surface area contributed by atoms with Crippen molar-refractivity contribution in [3.05, 3.63) is 70.2 Å². The van der Waals surface area contributed by atoms with Gasteiger partial charge in [-0.3, -0.25) is 4.79 Å². The van der Waals surface area contributed by atoms with E-state index < -0.39 is 0 Å². The molecule has 1 amide bonds. The van der Waals surface area contributed by atoms with Gasteiger partial charge >= 0.3 is 5.63 Å². The highest BCUT2D eigenvalue weighted by Crippen LogP contribution is 2.26. The molecule has 0 spiro atoms. The number of nitrogens with one attached hydrogen (secondary N) is 1. The summed E-state index contributed by atoms with van der Waals surface area (Å²) in [5.41, 5.74) is 3.27. The Bertz CT molecular complexity index is 1320. The van der Waals surface area contributed by atoms with E-state index in [1.165, 1.54) is 0 Å². The molecule has 4 rings (SSSR count). The van der Waals surface area contributed by atoms with Crippen LogP contribution < -0.4 is 15.7 Å². The number of rotatable bonds is 7. The molecule has 7 nitrogen and oxygen atoms in total. The van der Waals surface area contributed by atoms with Crippen molar-refractivity contribution in [1.82, 2.24) is 4.57 Å². The van der Waals surface area contributed by atoms with Gasteiger partial charge in [0.1, 0.15) is 11.3 Å². The van der Waals surface area contributed by atoms with Crippen LogP contribution >= 0.6 is 0 Å². The minimum Gasteiger partial charge on any atom is -0.484 e. The van der Waals surface area contributed by atoms with E-state index >= 15 is 0 Å². The van der Waals surface area contributed by atoms with E-state index in [-0.39, 0.29) is 18.1 Å². The van der Waals surface area contributed by atoms with Crippen LogP contribution in [0.5, 0.6) is 5.75 Å². The second-order valence-electron chi connectivity index (χ2n) is 7.37. The molecule has 1 N–H and O–H groups in total. The van der Waals surface area contributed by atoms with Gasteiger partial charge in [-0.15, -0.1) is 0 Å². The predicted molar refractivity (Wildman–Crippen MR) is 120 cm³/mol. The zero-order valence-electron chi connectivity index (χ0n) is 17.7. The summed E-state index contributed by atoms with van der Waals surface area (Å²) in [5.74, 6) is 0.178. The maximum absolute atomic E-state index is 12.5. The monoisotopic (exact) mass is 420 g/mol. The molecule has 0 aliphatic rings. The molecule has 2 heterocycles. The smallest absolute Gasteiger partial charge is 0.339 e. The minimum absolute atomic E-state index is 0.165. The number of fused-ring (bicyclic) bond motifs is 2. The van der Waals surface area contributed by atoms with E-state index in [4.69, 9.17) is 13.9 Å². The van der Waals surface area contributed by atoms with Gasteiger partial charge in [0.2, 0.25) is 0 Å². The molecule has 0 atom stereocenters. The number of ether oxygens (including phenoxy) is 2. The lowest BCUT2D eigenvalue weighted by Crippen LogP contribution is -2.20. The van der Waals surface area contributed by atoms with Crippen molar-refractivity contribution >= 4 is 33.5 Å². The average Bonchev–Trinajstić information content (AvgIpc) is 3.18. The number of carbonyl (C=O) groups excluding carboxylic acids is 1. The Hall–Kier alpha value is -3.58. The summed E-state index contributed by atoms with van der Waals surface area (Å²) in [6.07, 6.45) is 1.97. The molecule has 0 aliphatic carbocycles. The fourth-order valence-electron chi connectivity index (χ4n) is 3.57. The Morgan fingerprint density at radius 3 is 2.74 bits per heavy atom. The van der Waals surface area contributed by atoms with Gasteiger partial charge in [0.25, 0.3) is 5.91 Å². The predicted octanol–water partition coefficient (Wildman–Crippen LogP) is 4.03. The fraction of sp³-hybridized carbons (Fsp3) is 0.250. The molecule has 0 bridgehead atoms. The van der Waals surface area contributed by atoms with Crippen LogP contribution in [-0.4, -0.2) is 30.8 Å². The molecule has 2 aromatic heterocycles. The first-order chi connectivity index (χ1) is 15.0. The van der Waals surface area contributed by atoms with Gasteiger partial charge in [0, 0.05) is 42.3 Å². The Labute approximate surface area is 179 Å². The van der Waals surface area contributed by atoms with E-state index in [0.29, 0.717) is 23.5 Å². The number of hydrogen-bond donors (Lipinski definition) is 1. The molecule has 7 heteroatoms. The van der Waals surface area contributed by atoms with Crippen molar-refractivity contribution in [3.63, 3.8) is 0 Å². The van der Waals surface area contributed by atoms with E-state index in [0.717, 1.165) is 34.1 Å². The van der Waals surface area contributed by atoms with E-state index in [1.54, 1.807) is 26.2 Å². The average molecular weight is 420 g/mol. The van der Waals surface area contributed by atoms with Crippen molar-refractivity contribution in [2.45, 2.75) is 20.4 Å².